The number of aliphatic imine (C=N–C) groups is 1. The first-order valence-electron chi connectivity index (χ1n) is 11.6. The second kappa shape index (κ2) is 11.2. The second-order valence-electron chi connectivity index (χ2n) is 8.55. The van der Waals surface area contributed by atoms with Crippen LogP contribution in [0.1, 0.15) is 57.9 Å². The number of guanidine groups is 1. The van der Waals surface area contributed by atoms with Crippen LogP contribution < -0.4 is 15.4 Å². The first-order valence-corrected chi connectivity index (χ1v) is 11.6. The zero-order valence-corrected chi connectivity index (χ0v) is 18.8. The lowest BCUT2D eigenvalue weighted by molar-refractivity contribution is -0.136. The Bertz CT molecular complexity index is 705. The molecule has 1 saturated heterocycles. The highest BCUT2D eigenvalue weighted by Gasteiger charge is 2.27. The maximum atomic E-state index is 12.6. The summed E-state index contributed by atoms with van der Waals surface area (Å²) in [5.41, 5.74) is 1.15. The van der Waals surface area contributed by atoms with E-state index >= 15 is 0 Å². The Morgan fingerprint density at radius 2 is 1.87 bits per heavy atom. The van der Waals surface area contributed by atoms with Gasteiger partial charge >= 0.3 is 0 Å². The summed E-state index contributed by atoms with van der Waals surface area (Å²) in [6.07, 6.45) is 6.34. The molecule has 0 spiro atoms. The first kappa shape index (κ1) is 22.4. The topological polar surface area (TPSA) is 66.0 Å². The van der Waals surface area contributed by atoms with E-state index in [1.165, 1.54) is 12.8 Å². The predicted molar refractivity (Wildman–Crippen MR) is 122 cm³/mol. The van der Waals surface area contributed by atoms with Crippen molar-refractivity contribution in [2.24, 2.45) is 16.8 Å². The third kappa shape index (κ3) is 6.38. The third-order valence-electron chi connectivity index (χ3n) is 6.30. The summed E-state index contributed by atoms with van der Waals surface area (Å²) in [4.78, 5) is 19.0. The summed E-state index contributed by atoms with van der Waals surface area (Å²) in [5, 5.41) is 6.96. The SMILES string of the molecule is CCC(CC)C(=O)N1CCC(NC(=NC)NCc2ccccc2OCC2CC2)CC1. The Morgan fingerprint density at radius 3 is 2.50 bits per heavy atom. The normalized spacial score (nSPS) is 17.9. The molecule has 1 aromatic rings. The van der Waals surface area contributed by atoms with Gasteiger partial charge in [-0.25, -0.2) is 0 Å². The molecule has 166 valence electrons. The van der Waals surface area contributed by atoms with Crippen LogP contribution in [0.5, 0.6) is 5.75 Å². The van der Waals surface area contributed by atoms with Gasteiger partial charge in [-0.05, 0) is 50.5 Å². The smallest absolute Gasteiger partial charge is 0.225 e. The molecule has 1 amide bonds. The number of carbonyl (C=O) groups excluding carboxylic acids is 1. The molecule has 0 radical (unpaired) electrons. The number of para-hydroxylation sites is 1. The van der Waals surface area contributed by atoms with Gasteiger partial charge in [-0.15, -0.1) is 0 Å². The Hall–Kier alpha value is -2.24. The molecule has 1 saturated carbocycles. The van der Waals surface area contributed by atoms with E-state index in [0.717, 1.165) is 68.6 Å². The number of amides is 1. The molecule has 0 bridgehead atoms. The molecule has 0 aromatic heterocycles. The maximum absolute atomic E-state index is 12.6. The van der Waals surface area contributed by atoms with Gasteiger partial charge in [0.1, 0.15) is 5.75 Å². The fourth-order valence-corrected chi connectivity index (χ4v) is 3.99. The summed E-state index contributed by atoms with van der Waals surface area (Å²) in [6.45, 7) is 7.34. The maximum Gasteiger partial charge on any atom is 0.225 e. The number of piperidine rings is 1. The standard InChI is InChI=1S/C24H38N4O2/c1-4-19(5-2)23(29)28-14-12-21(13-15-28)27-24(25-3)26-16-20-8-6-7-9-22(20)30-17-18-10-11-18/h6-9,18-19,21H,4-5,10-17H2,1-3H3,(H2,25,26,27). The van der Waals surface area contributed by atoms with Crippen LogP contribution in [-0.2, 0) is 11.3 Å². The Labute approximate surface area is 181 Å². The number of nitrogens with one attached hydrogen (secondary N) is 2. The molecule has 2 aliphatic rings. The van der Waals surface area contributed by atoms with Crippen LogP contribution in [-0.4, -0.2) is 49.6 Å². The minimum atomic E-state index is 0.172. The van der Waals surface area contributed by atoms with Crippen LogP contribution in [0.2, 0.25) is 0 Å². The number of nitrogens with zero attached hydrogens (tertiary/aromatic N) is 2. The molecule has 30 heavy (non-hydrogen) atoms. The number of likely N-dealkylation sites (tertiary alicyclic amines) is 1. The van der Waals surface area contributed by atoms with E-state index in [4.69, 9.17) is 4.74 Å². The molecule has 1 aliphatic carbocycles. The molecule has 1 aliphatic heterocycles. The van der Waals surface area contributed by atoms with Crippen molar-refractivity contribution in [1.82, 2.24) is 15.5 Å². The largest absolute Gasteiger partial charge is 0.493 e. The fraction of sp³-hybridized carbons (Fsp3) is 0.667. The number of hydrogen-bond acceptors (Lipinski definition) is 3. The number of hydrogen-bond donors (Lipinski definition) is 2. The molecule has 0 atom stereocenters. The van der Waals surface area contributed by atoms with Gasteiger partial charge in [0.2, 0.25) is 5.91 Å². The minimum absolute atomic E-state index is 0.172. The molecular weight excluding hydrogens is 376 g/mol. The number of ether oxygens (including phenoxy) is 1. The predicted octanol–water partition coefficient (Wildman–Crippen LogP) is 3.57. The molecule has 6 heteroatoms. The summed E-state index contributed by atoms with van der Waals surface area (Å²) >= 11 is 0. The Kier molecular flexibility index (Phi) is 8.40. The van der Waals surface area contributed by atoms with Crippen molar-refractivity contribution in [2.45, 2.75) is 65.0 Å². The van der Waals surface area contributed by atoms with Gasteiger partial charge in [0.25, 0.3) is 0 Å². The van der Waals surface area contributed by atoms with Crippen LogP contribution >= 0.6 is 0 Å². The van der Waals surface area contributed by atoms with Gasteiger partial charge in [-0.3, -0.25) is 9.79 Å². The van der Waals surface area contributed by atoms with E-state index in [2.05, 4.69) is 35.5 Å². The average Bonchev–Trinajstić information content (AvgIpc) is 3.61. The summed E-state index contributed by atoms with van der Waals surface area (Å²) in [6, 6.07) is 8.55. The van der Waals surface area contributed by atoms with Crippen molar-refractivity contribution in [1.29, 1.82) is 0 Å². The van der Waals surface area contributed by atoms with E-state index in [9.17, 15) is 4.79 Å². The first-order chi connectivity index (χ1) is 14.6. The highest BCUT2D eigenvalue weighted by Crippen LogP contribution is 2.30. The summed E-state index contributed by atoms with van der Waals surface area (Å²) < 4.78 is 6.01. The lowest BCUT2D eigenvalue weighted by atomic mass is 9.98. The van der Waals surface area contributed by atoms with Crippen LogP contribution in [0.3, 0.4) is 0 Å². The third-order valence-corrected chi connectivity index (χ3v) is 6.30. The van der Waals surface area contributed by atoms with Gasteiger partial charge in [-0.1, -0.05) is 32.0 Å². The van der Waals surface area contributed by atoms with E-state index in [0.29, 0.717) is 18.5 Å². The quantitative estimate of drug-likeness (QED) is 0.479. The molecule has 2 N–H and O–H groups in total. The van der Waals surface area contributed by atoms with E-state index in [1.54, 1.807) is 7.05 Å². The van der Waals surface area contributed by atoms with Crippen molar-refractivity contribution < 1.29 is 9.53 Å². The van der Waals surface area contributed by atoms with Gasteiger partial charge in [0, 0.05) is 44.2 Å². The van der Waals surface area contributed by atoms with Crippen LogP contribution in [0.25, 0.3) is 0 Å². The van der Waals surface area contributed by atoms with Gasteiger partial charge in [0.05, 0.1) is 6.61 Å². The van der Waals surface area contributed by atoms with E-state index < -0.39 is 0 Å². The lowest BCUT2D eigenvalue weighted by Gasteiger charge is -2.34. The van der Waals surface area contributed by atoms with Gasteiger partial charge in [0.15, 0.2) is 5.96 Å². The van der Waals surface area contributed by atoms with Crippen molar-refractivity contribution in [3.05, 3.63) is 29.8 Å². The Balaban J connectivity index is 1.45. The van der Waals surface area contributed by atoms with E-state index in [1.807, 2.05) is 23.1 Å². The molecule has 0 unspecified atom stereocenters. The monoisotopic (exact) mass is 414 g/mol. The van der Waals surface area contributed by atoms with Crippen molar-refractivity contribution >= 4 is 11.9 Å². The summed E-state index contributed by atoms with van der Waals surface area (Å²) in [5.74, 6) is 3.00. The van der Waals surface area contributed by atoms with E-state index in [-0.39, 0.29) is 5.92 Å². The zero-order valence-electron chi connectivity index (χ0n) is 18.8. The van der Waals surface area contributed by atoms with Crippen LogP contribution in [0.15, 0.2) is 29.3 Å². The molecule has 1 heterocycles. The molecule has 1 aromatic carbocycles. The average molecular weight is 415 g/mol. The fourth-order valence-electron chi connectivity index (χ4n) is 3.99. The zero-order chi connectivity index (χ0) is 21.3. The van der Waals surface area contributed by atoms with Crippen LogP contribution in [0, 0.1) is 11.8 Å². The molecule has 6 nitrogen and oxygen atoms in total. The van der Waals surface area contributed by atoms with Crippen molar-refractivity contribution in [3.8, 4) is 5.75 Å². The lowest BCUT2D eigenvalue weighted by Crippen LogP contribution is -2.50. The van der Waals surface area contributed by atoms with Crippen molar-refractivity contribution in [3.63, 3.8) is 0 Å². The number of carbonyl (C=O) groups is 1. The van der Waals surface area contributed by atoms with Gasteiger partial charge in [-0.2, -0.15) is 0 Å². The number of rotatable bonds is 9. The summed E-state index contributed by atoms with van der Waals surface area (Å²) in [7, 11) is 1.80. The van der Waals surface area contributed by atoms with Crippen molar-refractivity contribution in [2.75, 3.05) is 26.7 Å². The number of benzene rings is 1. The Morgan fingerprint density at radius 1 is 1.17 bits per heavy atom. The highest BCUT2D eigenvalue weighted by molar-refractivity contribution is 5.80. The second-order valence-corrected chi connectivity index (χ2v) is 8.55. The van der Waals surface area contributed by atoms with Gasteiger partial charge < -0.3 is 20.3 Å². The molecule has 2 fully saturated rings. The molecular formula is C24H38N4O2. The van der Waals surface area contributed by atoms with Crippen LogP contribution in [0.4, 0.5) is 0 Å². The molecule has 3 rings (SSSR count). The highest BCUT2D eigenvalue weighted by atomic mass is 16.5. The minimum Gasteiger partial charge on any atom is -0.493 e.